The fourth-order valence-corrected chi connectivity index (χ4v) is 5.71. The average Bonchev–Trinajstić information content (AvgIpc) is 3.17. The van der Waals surface area contributed by atoms with Crippen LogP contribution in [0.15, 0.2) is 11.2 Å². The first-order valence-corrected chi connectivity index (χ1v) is 11.9. The van der Waals surface area contributed by atoms with Crippen molar-refractivity contribution in [2.45, 2.75) is 75.9 Å². The van der Waals surface area contributed by atoms with E-state index in [0.29, 0.717) is 29.9 Å². The van der Waals surface area contributed by atoms with Crippen molar-refractivity contribution in [2.24, 2.45) is 22.7 Å². The van der Waals surface area contributed by atoms with E-state index in [2.05, 4.69) is 5.10 Å². The maximum Gasteiger partial charge on any atom is 0.391 e. The van der Waals surface area contributed by atoms with Crippen LogP contribution >= 0.6 is 0 Å². The number of ketones is 1. The lowest BCUT2D eigenvalue weighted by Gasteiger charge is -2.42. The monoisotopic (exact) mass is 486 g/mol. The van der Waals surface area contributed by atoms with Crippen LogP contribution in [0.1, 0.15) is 74.2 Å². The predicted molar refractivity (Wildman–Crippen MR) is 112 cm³/mol. The second-order valence-corrected chi connectivity index (χ2v) is 10.0. The largest absolute Gasteiger partial charge is 0.391 e. The summed E-state index contributed by atoms with van der Waals surface area (Å²) < 4.78 is 67.6. The number of alkyl halides is 5. The Balaban J connectivity index is 1.30. The molecule has 2 aliphatic heterocycles. The first-order chi connectivity index (χ1) is 16.0. The maximum absolute atomic E-state index is 13.6. The summed E-state index contributed by atoms with van der Waals surface area (Å²) in [6.07, 6.45) is -1.57. The fourth-order valence-electron chi connectivity index (χ4n) is 5.71. The van der Waals surface area contributed by atoms with Gasteiger partial charge in [0.15, 0.2) is 11.6 Å². The Labute approximate surface area is 193 Å². The van der Waals surface area contributed by atoms with Crippen LogP contribution in [0.25, 0.3) is 0 Å². The van der Waals surface area contributed by atoms with Crippen LogP contribution in [0, 0.1) is 17.8 Å². The normalized spacial score (nSPS) is 28.3. The molecule has 0 aromatic carbocycles. The van der Waals surface area contributed by atoms with Gasteiger partial charge in [0.05, 0.1) is 30.1 Å². The second kappa shape index (κ2) is 8.41. The number of hydrogen-bond donors (Lipinski definition) is 0. The zero-order valence-electron chi connectivity index (χ0n) is 18.7. The third-order valence-corrected chi connectivity index (χ3v) is 7.98. The van der Waals surface area contributed by atoms with Crippen LogP contribution in [0.4, 0.5) is 27.8 Å². The molecule has 3 fully saturated rings. The lowest BCUT2D eigenvalue weighted by Crippen LogP contribution is -2.50. The van der Waals surface area contributed by atoms with Gasteiger partial charge in [-0.2, -0.15) is 18.3 Å². The Morgan fingerprint density at radius 2 is 1.71 bits per heavy atom. The number of aromatic nitrogens is 2. The average molecular weight is 486 g/mol. The van der Waals surface area contributed by atoms with Gasteiger partial charge in [0.2, 0.25) is 11.8 Å². The van der Waals surface area contributed by atoms with Crippen molar-refractivity contribution in [3.8, 4) is 0 Å². The number of halogens is 5. The number of nitrogens with zero attached hydrogens (tertiary/aromatic N) is 4. The van der Waals surface area contributed by atoms with Gasteiger partial charge in [-0.3, -0.25) is 9.59 Å². The second-order valence-electron chi connectivity index (χ2n) is 10.0. The molecule has 1 amide bonds. The van der Waals surface area contributed by atoms with Crippen LogP contribution in [0.2, 0.25) is 0 Å². The van der Waals surface area contributed by atoms with E-state index in [9.17, 15) is 31.5 Å². The SMILES string of the molecule is O=C1CC([C@H]2CC[C@@H]2C(=O)N2CCC(C(F)(F)F)CC2)=Nc2c1cnn2C1CCC(F)(F)CC1. The van der Waals surface area contributed by atoms with E-state index in [1.54, 1.807) is 4.68 Å². The molecule has 34 heavy (non-hydrogen) atoms. The minimum atomic E-state index is -4.24. The summed E-state index contributed by atoms with van der Waals surface area (Å²) in [7, 11) is 0. The summed E-state index contributed by atoms with van der Waals surface area (Å²) in [6, 6.07) is -0.256. The molecule has 6 nitrogen and oxygen atoms in total. The number of aliphatic imine (C=N–C) groups is 1. The van der Waals surface area contributed by atoms with Gasteiger partial charge < -0.3 is 4.90 Å². The molecular weight excluding hydrogens is 459 g/mol. The molecule has 11 heteroatoms. The molecule has 2 saturated carbocycles. The quantitative estimate of drug-likeness (QED) is 0.557. The van der Waals surface area contributed by atoms with Crippen LogP contribution < -0.4 is 0 Å². The number of carbonyl (C=O) groups is 2. The molecule has 0 radical (unpaired) electrons. The Morgan fingerprint density at radius 1 is 1.03 bits per heavy atom. The van der Waals surface area contributed by atoms with Crippen molar-refractivity contribution in [3.05, 3.63) is 11.8 Å². The standard InChI is InChI=1S/C23H27F5N4O2/c24-22(25)7-3-14(4-8-22)32-20-17(12-29-32)19(33)11-18(30-20)15-1-2-16(15)21(34)31-9-5-13(6-10-31)23(26,27)28/h12-16H,1-11H2/t15-,16-/m0/s1. The molecule has 3 heterocycles. The highest BCUT2D eigenvalue weighted by atomic mass is 19.4. The summed E-state index contributed by atoms with van der Waals surface area (Å²) in [5.74, 6) is -4.61. The summed E-state index contributed by atoms with van der Waals surface area (Å²) >= 11 is 0. The number of piperidine rings is 1. The molecule has 1 aromatic rings. The van der Waals surface area contributed by atoms with Crippen molar-refractivity contribution in [1.82, 2.24) is 14.7 Å². The maximum atomic E-state index is 13.6. The molecule has 5 rings (SSSR count). The smallest absolute Gasteiger partial charge is 0.342 e. The van der Waals surface area contributed by atoms with E-state index < -0.39 is 18.0 Å². The van der Waals surface area contributed by atoms with E-state index in [1.807, 2.05) is 0 Å². The van der Waals surface area contributed by atoms with Gasteiger partial charge in [-0.1, -0.05) is 0 Å². The highest BCUT2D eigenvalue weighted by molar-refractivity contribution is 6.16. The number of likely N-dealkylation sites (tertiary alicyclic amines) is 1. The highest BCUT2D eigenvalue weighted by Gasteiger charge is 2.46. The van der Waals surface area contributed by atoms with Crippen molar-refractivity contribution < 1.29 is 31.5 Å². The third kappa shape index (κ3) is 4.26. The molecule has 0 spiro atoms. The van der Waals surface area contributed by atoms with Crippen LogP contribution in [0.3, 0.4) is 0 Å². The van der Waals surface area contributed by atoms with E-state index in [4.69, 9.17) is 4.99 Å². The number of carbonyl (C=O) groups excluding carboxylic acids is 2. The van der Waals surface area contributed by atoms with E-state index >= 15 is 0 Å². The van der Waals surface area contributed by atoms with Crippen LogP contribution in [-0.4, -0.2) is 57.3 Å². The van der Waals surface area contributed by atoms with E-state index in [-0.39, 0.29) is 87.6 Å². The van der Waals surface area contributed by atoms with Crippen LogP contribution in [-0.2, 0) is 4.79 Å². The molecule has 1 saturated heterocycles. The molecule has 0 bridgehead atoms. The van der Waals surface area contributed by atoms with Crippen molar-refractivity contribution in [2.75, 3.05) is 13.1 Å². The summed E-state index contributed by atoms with van der Waals surface area (Å²) in [4.78, 5) is 32.1. The molecular formula is C23H27F5N4O2. The molecule has 2 aliphatic carbocycles. The molecule has 0 N–H and O–H groups in total. The topological polar surface area (TPSA) is 67.6 Å². The van der Waals surface area contributed by atoms with Crippen molar-refractivity contribution in [3.63, 3.8) is 0 Å². The van der Waals surface area contributed by atoms with Crippen molar-refractivity contribution in [1.29, 1.82) is 0 Å². The van der Waals surface area contributed by atoms with Gasteiger partial charge in [0.1, 0.15) is 0 Å². The summed E-state index contributed by atoms with van der Waals surface area (Å²) in [5.41, 5.74) is 0.965. The zero-order chi connectivity index (χ0) is 24.3. The first kappa shape index (κ1) is 23.4. The number of fused-ring (bicyclic) bond motifs is 1. The lowest BCUT2D eigenvalue weighted by atomic mass is 9.68. The fraction of sp³-hybridized carbons (Fsp3) is 0.739. The highest BCUT2D eigenvalue weighted by Crippen LogP contribution is 2.44. The molecule has 0 unspecified atom stereocenters. The van der Waals surface area contributed by atoms with E-state index in [1.165, 1.54) is 11.1 Å². The van der Waals surface area contributed by atoms with Gasteiger partial charge in [-0.15, -0.1) is 0 Å². The Kier molecular flexibility index (Phi) is 5.79. The van der Waals surface area contributed by atoms with Gasteiger partial charge in [0, 0.05) is 43.5 Å². The van der Waals surface area contributed by atoms with Gasteiger partial charge >= 0.3 is 6.18 Å². The summed E-state index contributed by atoms with van der Waals surface area (Å²) in [5, 5.41) is 4.29. The van der Waals surface area contributed by atoms with Crippen LogP contribution in [0.5, 0.6) is 0 Å². The molecule has 186 valence electrons. The minimum absolute atomic E-state index is 0.0754. The molecule has 1 aromatic heterocycles. The zero-order valence-corrected chi connectivity index (χ0v) is 18.7. The Bertz CT molecular complexity index is 999. The number of Topliss-reactive ketones (excluding diaryl/α,β-unsaturated/α-hetero) is 1. The summed E-state index contributed by atoms with van der Waals surface area (Å²) in [6.45, 7) is 0.168. The predicted octanol–water partition coefficient (Wildman–Crippen LogP) is 5.12. The van der Waals surface area contributed by atoms with Gasteiger partial charge in [-0.25, -0.2) is 18.5 Å². The Morgan fingerprint density at radius 3 is 2.29 bits per heavy atom. The Hall–Kier alpha value is -2.33. The van der Waals surface area contributed by atoms with Gasteiger partial charge in [-0.05, 0) is 38.5 Å². The number of amides is 1. The number of hydrogen-bond acceptors (Lipinski definition) is 4. The lowest BCUT2D eigenvalue weighted by molar-refractivity contribution is -0.187. The molecule has 2 atom stereocenters. The third-order valence-electron chi connectivity index (χ3n) is 7.98. The molecule has 4 aliphatic rings. The minimum Gasteiger partial charge on any atom is -0.342 e. The van der Waals surface area contributed by atoms with Gasteiger partial charge in [0.25, 0.3) is 0 Å². The first-order valence-electron chi connectivity index (χ1n) is 11.9. The van der Waals surface area contributed by atoms with Crippen molar-refractivity contribution >= 4 is 23.2 Å². The van der Waals surface area contributed by atoms with E-state index in [0.717, 1.165) is 0 Å². The number of rotatable bonds is 3.